The van der Waals surface area contributed by atoms with Crippen molar-refractivity contribution in [1.82, 2.24) is 0 Å². The summed E-state index contributed by atoms with van der Waals surface area (Å²) in [6.45, 7) is 4.13. The summed E-state index contributed by atoms with van der Waals surface area (Å²) in [6.07, 6.45) is 54.1. The lowest BCUT2D eigenvalue weighted by molar-refractivity contribution is -0.161. The van der Waals surface area contributed by atoms with Gasteiger partial charge in [0.05, 0.1) is 6.61 Å². The molecular formula is C48H90O5. The van der Waals surface area contributed by atoms with Gasteiger partial charge in [0.15, 0.2) is 6.10 Å². The number of ether oxygens (including phenoxy) is 2. The van der Waals surface area contributed by atoms with Gasteiger partial charge in [-0.25, -0.2) is 0 Å². The number of allylic oxidation sites excluding steroid dienone is 4. The van der Waals surface area contributed by atoms with Crippen molar-refractivity contribution in [2.75, 3.05) is 13.2 Å². The summed E-state index contributed by atoms with van der Waals surface area (Å²) in [4.78, 5) is 24.3. The van der Waals surface area contributed by atoms with E-state index in [0.717, 1.165) is 51.4 Å². The number of unbranched alkanes of at least 4 members (excludes halogenated alkanes) is 31. The van der Waals surface area contributed by atoms with Gasteiger partial charge in [-0.2, -0.15) is 0 Å². The quantitative estimate of drug-likeness (QED) is 0.0382. The minimum absolute atomic E-state index is 0.0668. The van der Waals surface area contributed by atoms with Gasteiger partial charge >= 0.3 is 11.9 Å². The number of hydrogen-bond donors (Lipinski definition) is 1. The van der Waals surface area contributed by atoms with Gasteiger partial charge in [-0.05, 0) is 44.9 Å². The van der Waals surface area contributed by atoms with E-state index in [9.17, 15) is 14.7 Å². The van der Waals surface area contributed by atoms with Gasteiger partial charge in [-0.1, -0.05) is 218 Å². The maximum Gasteiger partial charge on any atom is 0.306 e. The van der Waals surface area contributed by atoms with Crippen LogP contribution in [0.5, 0.6) is 0 Å². The fourth-order valence-electron chi connectivity index (χ4n) is 6.94. The maximum atomic E-state index is 12.2. The fourth-order valence-corrected chi connectivity index (χ4v) is 6.94. The first kappa shape index (κ1) is 51.4. The summed E-state index contributed by atoms with van der Waals surface area (Å²) < 4.78 is 10.6. The second-order valence-electron chi connectivity index (χ2n) is 15.8. The molecule has 1 atom stereocenters. The lowest BCUT2D eigenvalue weighted by Gasteiger charge is -2.15. The zero-order valence-electron chi connectivity index (χ0n) is 35.5. The molecule has 312 valence electrons. The van der Waals surface area contributed by atoms with Crippen LogP contribution in [-0.4, -0.2) is 36.4 Å². The van der Waals surface area contributed by atoms with Crippen molar-refractivity contribution in [2.24, 2.45) is 0 Å². The van der Waals surface area contributed by atoms with Crippen molar-refractivity contribution in [3.8, 4) is 0 Å². The second kappa shape index (κ2) is 44.8. The molecule has 5 heteroatoms. The topological polar surface area (TPSA) is 72.8 Å². The van der Waals surface area contributed by atoms with Crippen LogP contribution in [0.25, 0.3) is 0 Å². The van der Waals surface area contributed by atoms with Gasteiger partial charge in [-0.3, -0.25) is 9.59 Å². The van der Waals surface area contributed by atoms with E-state index < -0.39 is 6.10 Å². The average molecular weight is 747 g/mol. The summed E-state index contributed by atoms with van der Waals surface area (Å²) in [7, 11) is 0. The van der Waals surface area contributed by atoms with E-state index in [1.165, 1.54) is 173 Å². The molecule has 53 heavy (non-hydrogen) atoms. The summed E-state index contributed by atoms with van der Waals surface area (Å²) in [5.41, 5.74) is 0. The fraction of sp³-hybridized carbons (Fsp3) is 0.875. The van der Waals surface area contributed by atoms with E-state index in [1.807, 2.05) is 0 Å². The first-order valence-corrected chi connectivity index (χ1v) is 23.4. The van der Waals surface area contributed by atoms with Gasteiger partial charge in [-0.15, -0.1) is 0 Å². The monoisotopic (exact) mass is 747 g/mol. The maximum absolute atomic E-state index is 12.2. The molecule has 0 aromatic rings. The Labute approximate surface area is 330 Å². The third-order valence-electron chi connectivity index (χ3n) is 10.5. The van der Waals surface area contributed by atoms with Gasteiger partial charge < -0.3 is 14.6 Å². The third kappa shape index (κ3) is 43.0. The van der Waals surface area contributed by atoms with Crippen molar-refractivity contribution in [2.45, 2.75) is 258 Å². The number of carbonyl (C=O) groups excluding carboxylic acids is 2. The number of rotatable bonds is 43. The standard InChI is InChI=1S/C48H90O5/c1-3-5-7-9-11-13-15-17-19-20-21-22-23-24-25-26-27-29-30-32-34-36-38-40-42-47(50)52-45-46(44-49)53-48(51)43-41-39-37-35-33-31-28-18-16-14-12-10-8-6-4-2/h12,14,18,28,46,49H,3-11,13,15-17,19-27,29-45H2,1-2H3/b14-12-,28-18-. The highest BCUT2D eigenvalue weighted by Gasteiger charge is 2.16. The molecule has 1 unspecified atom stereocenters. The minimum Gasteiger partial charge on any atom is -0.462 e. The van der Waals surface area contributed by atoms with Gasteiger partial charge in [0, 0.05) is 12.8 Å². The molecule has 0 aliphatic heterocycles. The Morgan fingerprint density at radius 2 is 0.755 bits per heavy atom. The number of hydrogen-bond acceptors (Lipinski definition) is 5. The molecule has 0 radical (unpaired) electrons. The van der Waals surface area contributed by atoms with Crippen LogP contribution in [0.4, 0.5) is 0 Å². The van der Waals surface area contributed by atoms with Crippen molar-refractivity contribution in [3.05, 3.63) is 24.3 Å². The smallest absolute Gasteiger partial charge is 0.306 e. The molecular weight excluding hydrogens is 657 g/mol. The van der Waals surface area contributed by atoms with Crippen LogP contribution in [0.1, 0.15) is 251 Å². The highest BCUT2D eigenvalue weighted by Crippen LogP contribution is 2.16. The van der Waals surface area contributed by atoms with Crippen molar-refractivity contribution in [3.63, 3.8) is 0 Å². The second-order valence-corrected chi connectivity index (χ2v) is 15.8. The molecule has 0 fully saturated rings. The largest absolute Gasteiger partial charge is 0.462 e. The molecule has 0 saturated heterocycles. The predicted molar refractivity (Wildman–Crippen MR) is 228 cm³/mol. The molecule has 0 rings (SSSR count). The molecule has 5 nitrogen and oxygen atoms in total. The van der Waals surface area contributed by atoms with Crippen molar-refractivity contribution in [1.29, 1.82) is 0 Å². The summed E-state index contributed by atoms with van der Waals surface area (Å²) in [5, 5.41) is 9.58. The van der Waals surface area contributed by atoms with E-state index in [2.05, 4.69) is 38.2 Å². The van der Waals surface area contributed by atoms with E-state index in [4.69, 9.17) is 9.47 Å². The summed E-state index contributed by atoms with van der Waals surface area (Å²) in [5.74, 6) is -0.595. The lowest BCUT2D eigenvalue weighted by atomic mass is 10.0. The first-order chi connectivity index (χ1) is 26.1. The Hall–Kier alpha value is -1.62. The number of carbonyl (C=O) groups is 2. The molecule has 0 amide bonds. The zero-order valence-corrected chi connectivity index (χ0v) is 35.5. The first-order valence-electron chi connectivity index (χ1n) is 23.4. The number of esters is 2. The Bertz CT molecular complexity index is 806. The van der Waals surface area contributed by atoms with E-state index in [0.29, 0.717) is 12.8 Å². The van der Waals surface area contributed by atoms with Gasteiger partial charge in [0.25, 0.3) is 0 Å². The molecule has 0 aromatic carbocycles. The van der Waals surface area contributed by atoms with E-state index >= 15 is 0 Å². The molecule has 1 N–H and O–H groups in total. The summed E-state index contributed by atoms with van der Waals surface area (Å²) >= 11 is 0. The molecule has 0 spiro atoms. The predicted octanol–water partition coefficient (Wildman–Crippen LogP) is 15.0. The Kier molecular flexibility index (Phi) is 43.4. The Balaban J connectivity index is 3.46. The third-order valence-corrected chi connectivity index (χ3v) is 10.5. The normalized spacial score (nSPS) is 12.3. The minimum atomic E-state index is -0.774. The molecule has 0 heterocycles. The molecule has 0 aliphatic rings. The molecule has 0 saturated carbocycles. The van der Waals surface area contributed by atoms with Crippen LogP contribution in [0.15, 0.2) is 24.3 Å². The zero-order chi connectivity index (χ0) is 38.6. The highest BCUT2D eigenvalue weighted by molar-refractivity contribution is 5.70. The van der Waals surface area contributed by atoms with Gasteiger partial charge in [0.2, 0.25) is 0 Å². The Morgan fingerprint density at radius 1 is 0.434 bits per heavy atom. The lowest BCUT2D eigenvalue weighted by Crippen LogP contribution is -2.28. The average Bonchev–Trinajstić information content (AvgIpc) is 3.16. The van der Waals surface area contributed by atoms with Crippen LogP contribution in [0.2, 0.25) is 0 Å². The van der Waals surface area contributed by atoms with Crippen LogP contribution >= 0.6 is 0 Å². The van der Waals surface area contributed by atoms with Crippen LogP contribution < -0.4 is 0 Å². The summed E-state index contributed by atoms with van der Waals surface area (Å²) in [6, 6.07) is 0. The van der Waals surface area contributed by atoms with Crippen molar-refractivity contribution >= 4 is 11.9 Å². The SMILES string of the molecule is CCCCC/C=C\C/C=C\CCCCCCCC(=O)OC(CO)COC(=O)CCCCCCCCCCCCCCCCCCCCCCCCCC. The van der Waals surface area contributed by atoms with Crippen LogP contribution in [0, 0.1) is 0 Å². The molecule has 0 aliphatic carbocycles. The van der Waals surface area contributed by atoms with Gasteiger partial charge in [0.1, 0.15) is 6.61 Å². The van der Waals surface area contributed by atoms with Crippen LogP contribution in [-0.2, 0) is 19.1 Å². The van der Waals surface area contributed by atoms with Crippen molar-refractivity contribution < 1.29 is 24.2 Å². The molecule has 0 aromatic heterocycles. The van der Waals surface area contributed by atoms with Crippen LogP contribution in [0.3, 0.4) is 0 Å². The highest BCUT2D eigenvalue weighted by atomic mass is 16.6. The van der Waals surface area contributed by atoms with E-state index in [-0.39, 0.29) is 25.2 Å². The molecule has 0 bridgehead atoms. The Morgan fingerprint density at radius 3 is 1.15 bits per heavy atom. The number of aliphatic hydroxyl groups is 1. The number of aliphatic hydroxyl groups excluding tert-OH is 1. The van der Waals surface area contributed by atoms with E-state index in [1.54, 1.807) is 0 Å².